The van der Waals surface area contributed by atoms with E-state index in [-0.39, 0.29) is 18.3 Å². The van der Waals surface area contributed by atoms with E-state index in [4.69, 9.17) is 5.73 Å². The van der Waals surface area contributed by atoms with Gasteiger partial charge in [0.15, 0.2) is 0 Å². The molecule has 0 radical (unpaired) electrons. The Morgan fingerprint density at radius 2 is 2.00 bits per heavy atom. The molecule has 6 heteroatoms. The molecule has 0 heterocycles. The maximum atomic E-state index is 13.2. The number of hydrogen-bond donors (Lipinski definition) is 2. The zero-order valence-electron chi connectivity index (χ0n) is 11.2. The Bertz CT molecular complexity index is 704. The van der Waals surface area contributed by atoms with E-state index in [1.807, 2.05) is 0 Å². The number of benzene rings is 2. The number of carbonyl (C=O) groups is 1. The van der Waals surface area contributed by atoms with Gasteiger partial charge in [-0.3, -0.25) is 4.79 Å². The zero-order valence-corrected chi connectivity index (χ0v) is 14.4. The minimum atomic E-state index is -0.342. The number of nitrogen functional groups attached to an aromatic ring is 1. The van der Waals surface area contributed by atoms with E-state index in [2.05, 4.69) is 37.2 Å². The average Bonchev–Trinajstić information content (AvgIpc) is 2.43. The molecule has 0 saturated carbocycles. The molecular formula is C15H13Br2FN2O. The van der Waals surface area contributed by atoms with E-state index in [0.29, 0.717) is 22.4 Å². The Hall–Kier alpha value is -1.40. The second kappa shape index (κ2) is 6.58. The quantitative estimate of drug-likeness (QED) is 0.739. The van der Waals surface area contributed by atoms with E-state index < -0.39 is 0 Å². The van der Waals surface area contributed by atoms with Crippen molar-refractivity contribution in [1.82, 2.24) is 5.32 Å². The Morgan fingerprint density at radius 3 is 2.71 bits per heavy atom. The first-order valence-corrected chi connectivity index (χ1v) is 7.75. The van der Waals surface area contributed by atoms with Gasteiger partial charge in [-0.1, -0.05) is 31.9 Å². The van der Waals surface area contributed by atoms with Crippen molar-refractivity contribution in [3.8, 4) is 0 Å². The molecule has 2 rings (SSSR count). The van der Waals surface area contributed by atoms with E-state index in [0.717, 1.165) is 8.95 Å². The van der Waals surface area contributed by atoms with Crippen molar-refractivity contribution in [3.63, 3.8) is 0 Å². The fraction of sp³-hybridized carbons (Fsp3) is 0.133. The second-order valence-corrected chi connectivity index (χ2v) is 6.36. The second-order valence-electron chi connectivity index (χ2n) is 4.59. The first kappa shape index (κ1) is 16.0. The molecule has 0 spiro atoms. The summed E-state index contributed by atoms with van der Waals surface area (Å²) in [6, 6.07) is 7.80. The summed E-state index contributed by atoms with van der Waals surface area (Å²) in [5, 5.41) is 2.77. The molecule has 0 aliphatic rings. The van der Waals surface area contributed by atoms with E-state index in [9.17, 15) is 9.18 Å². The van der Waals surface area contributed by atoms with E-state index in [1.54, 1.807) is 25.1 Å². The highest BCUT2D eigenvalue weighted by Gasteiger charge is 2.12. The summed E-state index contributed by atoms with van der Waals surface area (Å²) >= 11 is 6.64. The van der Waals surface area contributed by atoms with Gasteiger partial charge in [0.1, 0.15) is 5.82 Å². The third-order valence-electron chi connectivity index (χ3n) is 3.10. The van der Waals surface area contributed by atoms with Gasteiger partial charge in [-0.05, 0) is 48.4 Å². The van der Waals surface area contributed by atoms with Crippen LogP contribution < -0.4 is 11.1 Å². The molecule has 0 saturated heterocycles. The molecule has 0 aliphatic carbocycles. The fourth-order valence-electron chi connectivity index (χ4n) is 1.89. The van der Waals surface area contributed by atoms with Crippen LogP contribution in [0.5, 0.6) is 0 Å². The lowest BCUT2D eigenvalue weighted by atomic mass is 10.1. The fourth-order valence-corrected chi connectivity index (χ4v) is 2.75. The van der Waals surface area contributed by atoms with Crippen molar-refractivity contribution in [2.75, 3.05) is 5.73 Å². The maximum absolute atomic E-state index is 13.2. The van der Waals surface area contributed by atoms with Crippen molar-refractivity contribution in [2.24, 2.45) is 0 Å². The minimum absolute atomic E-state index is 0.225. The van der Waals surface area contributed by atoms with Gasteiger partial charge in [-0.15, -0.1) is 0 Å². The Labute approximate surface area is 139 Å². The van der Waals surface area contributed by atoms with E-state index >= 15 is 0 Å². The van der Waals surface area contributed by atoms with Gasteiger partial charge in [0.2, 0.25) is 0 Å². The molecule has 3 N–H and O–H groups in total. The molecule has 2 aromatic rings. The molecule has 1 amide bonds. The molecule has 0 unspecified atom stereocenters. The van der Waals surface area contributed by atoms with Crippen LogP contribution in [0.1, 0.15) is 21.5 Å². The SMILES string of the molecule is Cc1c(N)cc(Br)cc1C(=O)NCc1cc(F)ccc1Br. The summed E-state index contributed by atoms with van der Waals surface area (Å²) in [5.74, 6) is -0.595. The standard InChI is InChI=1S/C15H13Br2FN2O/c1-8-12(5-10(16)6-14(8)19)15(21)20-7-9-4-11(18)2-3-13(9)17/h2-6H,7,19H2,1H3,(H,20,21). The molecule has 110 valence electrons. The zero-order chi connectivity index (χ0) is 15.6. The third-order valence-corrected chi connectivity index (χ3v) is 4.34. The first-order valence-electron chi connectivity index (χ1n) is 6.16. The van der Waals surface area contributed by atoms with Crippen molar-refractivity contribution < 1.29 is 9.18 Å². The van der Waals surface area contributed by atoms with Crippen LogP contribution >= 0.6 is 31.9 Å². The lowest BCUT2D eigenvalue weighted by Gasteiger charge is -2.11. The van der Waals surface area contributed by atoms with Crippen molar-refractivity contribution in [3.05, 3.63) is 61.8 Å². The maximum Gasteiger partial charge on any atom is 0.251 e. The summed E-state index contributed by atoms with van der Waals surface area (Å²) < 4.78 is 14.7. The number of carbonyl (C=O) groups excluding carboxylic acids is 1. The minimum Gasteiger partial charge on any atom is -0.398 e. The Kier molecular flexibility index (Phi) is 5.00. The van der Waals surface area contributed by atoms with Crippen molar-refractivity contribution in [1.29, 1.82) is 0 Å². The average molecular weight is 416 g/mol. The van der Waals surface area contributed by atoms with Crippen LogP contribution in [0.2, 0.25) is 0 Å². The molecule has 3 nitrogen and oxygen atoms in total. The van der Waals surface area contributed by atoms with Crippen LogP contribution in [0.15, 0.2) is 39.3 Å². The van der Waals surface area contributed by atoms with Gasteiger partial charge >= 0.3 is 0 Å². The highest BCUT2D eigenvalue weighted by Crippen LogP contribution is 2.23. The van der Waals surface area contributed by atoms with E-state index in [1.165, 1.54) is 12.1 Å². The monoisotopic (exact) mass is 414 g/mol. The van der Waals surface area contributed by atoms with Crippen LogP contribution in [-0.4, -0.2) is 5.91 Å². The number of nitrogens with two attached hydrogens (primary N) is 1. The molecule has 0 atom stereocenters. The molecule has 2 aromatic carbocycles. The summed E-state index contributed by atoms with van der Waals surface area (Å²) in [4.78, 5) is 12.2. The van der Waals surface area contributed by atoms with Crippen LogP contribution in [0.25, 0.3) is 0 Å². The first-order chi connectivity index (χ1) is 9.88. The lowest BCUT2D eigenvalue weighted by Crippen LogP contribution is -2.24. The van der Waals surface area contributed by atoms with Gasteiger partial charge in [0.25, 0.3) is 5.91 Å². The van der Waals surface area contributed by atoms with Gasteiger partial charge in [0.05, 0.1) is 0 Å². The van der Waals surface area contributed by atoms with Gasteiger partial charge < -0.3 is 11.1 Å². The van der Waals surface area contributed by atoms with Crippen LogP contribution in [0.4, 0.5) is 10.1 Å². The normalized spacial score (nSPS) is 10.5. The largest absolute Gasteiger partial charge is 0.398 e. The van der Waals surface area contributed by atoms with Gasteiger partial charge in [-0.25, -0.2) is 4.39 Å². The Morgan fingerprint density at radius 1 is 1.29 bits per heavy atom. The van der Waals surface area contributed by atoms with Crippen LogP contribution in [0.3, 0.4) is 0 Å². The highest BCUT2D eigenvalue weighted by atomic mass is 79.9. The van der Waals surface area contributed by atoms with Crippen molar-refractivity contribution in [2.45, 2.75) is 13.5 Å². The summed E-state index contributed by atoms with van der Waals surface area (Å²) in [7, 11) is 0. The summed E-state index contributed by atoms with van der Waals surface area (Å²) in [5.41, 5.74) is 8.27. The number of amides is 1. The predicted molar refractivity (Wildman–Crippen MR) is 88.6 cm³/mol. The van der Waals surface area contributed by atoms with Gasteiger partial charge in [-0.2, -0.15) is 0 Å². The smallest absolute Gasteiger partial charge is 0.251 e. The number of halogens is 3. The highest BCUT2D eigenvalue weighted by molar-refractivity contribution is 9.10. The number of nitrogens with one attached hydrogen (secondary N) is 1. The molecular weight excluding hydrogens is 403 g/mol. The van der Waals surface area contributed by atoms with Crippen LogP contribution in [0, 0.1) is 12.7 Å². The summed E-state index contributed by atoms with van der Waals surface area (Å²) in [6.45, 7) is 2.01. The Balaban J connectivity index is 2.17. The van der Waals surface area contributed by atoms with Crippen LogP contribution in [-0.2, 0) is 6.54 Å². The molecule has 21 heavy (non-hydrogen) atoms. The molecule has 0 aliphatic heterocycles. The number of hydrogen-bond acceptors (Lipinski definition) is 2. The number of rotatable bonds is 3. The predicted octanol–water partition coefficient (Wildman–Crippen LogP) is 4.17. The summed E-state index contributed by atoms with van der Waals surface area (Å²) in [6.07, 6.45) is 0. The lowest BCUT2D eigenvalue weighted by molar-refractivity contribution is 0.0950. The van der Waals surface area contributed by atoms with Crippen molar-refractivity contribution >= 4 is 43.5 Å². The third kappa shape index (κ3) is 3.83. The van der Waals surface area contributed by atoms with Gasteiger partial charge in [0, 0.05) is 26.7 Å². The molecule has 0 aromatic heterocycles. The number of anilines is 1. The molecule has 0 fully saturated rings. The molecule has 0 bridgehead atoms. The topological polar surface area (TPSA) is 55.1 Å².